The monoisotopic (exact) mass is 179 g/mol. The number of aliphatic hydroxyl groups is 1. The van der Waals surface area contributed by atoms with Crippen LogP contribution in [0.4, 0.5) is 5.69 Å². The van der Waals surface area contributed by atoms with E-state index in [2.05, 4.69) is 18.7 Å². The van der Waals surface area contributed by atoms with Crippen LogP contribution in [0.25, 0.3) is 0 Å². The first kappa shape index (κ1) is 10.1. The normalized spacial score (nSPS) is 10.2. The van der Waals surface area contributed by atoms with Gasteiger partial charge in [-0.1, -0.05) is 6.07 Å². The van der Waals surface area contributed by atoms with E-state index in [9.17, 15) is 0 Å². The van der Waals surface area contributed by atoms with Crippen molar-refractivity contribution in [3.8, 4) is 0 Å². The lowest BCUT2D eigenvalue weighted by Gasteiger charge is -2.18. The molecule has 0 aliphatic heterocycles. The Bertz CT molecular complexity index is 305. The smallest absolute Gasteiger partial charge is 0.0682 e. The van der Waals surface area contributed by atoms with Gasteiger partial charge < -0.3 is 10.0 Å². The number of hydrogen-bond donors (Lipinski definition) is 1. The van der Waals surface area contributed by atoms with Crippen LogP contribution in [0.15, 0.2) is 12.1 Å². The second-order valence-corrected chi connectivity index (χ2v) is 3.61. The van der Waals surface area contributed by atoms with Crippen molar-refractivity contribution in [1.29, 1.82) is 0 Å². The van der Waals surface area contributed by atoms with Gasteiger partial charge in [0.1, 0.15) is 0 Å². The molecule has 0 aliphatic carbocycles. The lowest BCUT2D eigenvalue weighted by atomic mass is 10.0. The fourth-order valence-electron chi connectivity index (χ4n) is 1.47. The van der Waals surface area contributed by atoms with Gasteiger partial charge >= 0.3 is 0 Å². The van der Waals surface area contributed by atoms with E-state index >= 15 is 0 Å². The Balaban J connectivity index is 3.25. The maximum absolute atomic E-state index is 9.04. The maximum atomic E-state index is 9.04. The van der Waals surface area contributed by atoms with Crippen molar-refractivity contribution < 1.29 is 5.11 Å². The molecule has 0 heterocycles. The predicted octanol–water partition coefficient (Wildman–Crippen LogP) is 1.86. The second-order valence-electron chi connectivity index (χ2n) is 3.61. The average molecular weight is 179 g/mol. The van der Waals surface area contributed by atoms with Gasteiger partial charge in [-0.2, -0.15) is 0 Å². The summed E-state index contributed by atoms with van der Waals surface area (Å²) in [7, 11) is 4.03. The van der Waals surface area contributed by atoms with Gasteiger partial charge in [-0.05, 0) is 36.6 Å². The molecule has 0 fully saturated rings. The van der Waals surface area contributed by atoms with Gasteiger partial charge in [0.15, 0.2) is 0 Å². The molecule has 0 saturated carbocycles. The quantitative estimate of drug-likeness (QED) is 0.749. The third-order valence-electron chi connectivity index (χ3n) is 2.36. The molecule has 1 aromatic rings. The van der Waals surface area contributed by atoms with Gasteiger partial charge in [0.05, 0.1) is 6.61 Å². The number of aryl methyl sites for hydroxylation is 1. The molecule has 0 saturated heterocycles. The van der Waals surface area contributed by atoms with Gasteiger partial charge in [0, 0.05) is 19.8 Å². The van der Waals surface area contributed by atoms with E-state index in [4.69, 9.17) is 5.11 Å². The number of rotatable bonds is 2. The molecule has 1 aromatic carbocycles. The molecule has 0 atom stereocenters. The number of nitrogens with zero attached hydrogens (tertiary/aromatic N) is 1. The predicted molar refractivity (Wildman–Crippen MR) is 56.2 cm³/mol. The van der Waals surface area contributed by atoms with Crippen molar-refractivity contribution in [1.82, 2.24) is 0 Å². The lowest BCUT2D eigenvalue weighted by molar-refractivity contribution is 0.282. The molecular weight excluding hydrogens is 162 g/mol. The standard InChI is InChI=1S/C11H17NO/c1-8-5-10(7-13)6-11(9(8)2)12(3)4/h5-6,13H,7H2,1-4H3. The Morgan fingerprint density at radius 3 is 2.31 bits per heavy atom. The zero-order chi connectivity index (χ0) is 10.0. The zero-order valence-electron chi connectivity index (χ0n) is 8.76. The molecule has 1 rings (SSSR count). The first-order valence-electron chi connectivity index (χ1n) is 4.44. The lowest BCUT2D eigenvalue weighted by Crippen LogP contribution is -2.11. The molecule has 2 heteroatoms. The third-order valence-corrected chi connectivity index (χ3v) is 2.36. The molecule has 0 amide bonds. The van der Waals surface area contributed by atoms with Gasteiger partial charge in [-0.15, -0.1) is 0 Å². The first-order chi connectivity index (χ1) is 6.06. The molecule has 0 unspecified atom stereocenters. The second kappa shape index (κ2) is 3.79. The van der Waals surface area contributed by atoms with E-state index in [0.29, 0.717) is 0 Å². The Morgan fingerprint density at radius 2 is 1.85 bits per heavy atom. The van der Waals surface area contributed by atoms with Crippen LogP contribution in [0, 0.1) is 13.8 Å². The van der Waals surface area contributed by atoms with Crippen molar-refractivity contribution in [3.63, 3.8) is 0 Å². The van der Waals surface area contributed by atoms with Gasteiger partial charge in [0.2, 0.25) is 0 Å². The highest BCUT2D eigenvalue weighted by molar-refractivity contribution is 5.57. The molecule has 72 valence electrons. The largest absolute Gasteiger partial charge is 0.392 e. The van der Waals surface area contributed by atoms with E-state index in [-0.39, 0.29) is 6.61 Å². The van der Waals surface area contributed by atoms with Crippen molar-refractivity contribution in [2.45, 2.75) is 20.5 Å². The van der Waals surface area contributed by atoms with Crippen LogP contribution in [0.5, 0.6) is 0 Å². The Kier molecular flexibility index (Phi) is 2.94. The van der Waals surface area contributed by atoms with Gasteiger partial charge in [0.25, 0.3) is 0 Å². The highest BCUT2D eigenvalue weighted by Gasteiger charge is 2.05. The maximum Gasteiger partial charge on any atom is 0.0682 e. The summed E-state index contributed by atoms with van der Waals surface area (Å²) in [5, 5.41) is 9.04. The molecular formula is C11H17NO. The molecule has 1 N–H and O–H groups in total. The zero-order valence-corrected chi connectivity index (χ0v) is 8.76. The van der Waals surface area contributed by atoms with Gasteiger partial charge in [-0.25, -0.2) is 0 Å². The van der Waals surface area contributed by atoms with E-state index in [1.165, 1.54) is 16.8 Å². The van der Waals surface area contributed by atoms with E-state index in [1.54, 1.807) is 0 Å². The van der Waals surface area contributed by atoms with Crippen molar-refractivity contribution >= 4 is 5.69 Å². The van der Waals surface area contributed by atoms with Crippen molar-refractivity contribution in [2.24, 2.45) is 0 Å². The fraction of sp³-hybridized carbons (Fsp3) is 0.455. The SMILES string of the molecule is Cc1cc(CO)cc(N(C)C)c1C. The summed E-state index contributed by atoms with van der Waals surface area (Å²) in [4.78, 5) is 2.07. The van der Waals surface area contributed by atoms with E-state index < -0.39 is 0 Å². The molecule has 0 aliphatic rings. The molecule has 2 nitrogen and oxygen atoms in total. The summed E-state index contributed by atoms with van der Waals surface area (Å²) < 4.78 is 0. The summed E-state index contributed by atoms with van der Waals surface area (Å²) in [5.41, 5.74) is 4.67. The summed E-state index contributed by atoms with van der Waals surface area (Å²) in [6.45, 7) is 4.29. The van der Waals surface area contributed by atoms with Crippen molar-refractivity contribution in [2.75, 3.05) is 19.0 Å². The highest BCUT2D eigenvalue weighted by Crippen LogP contribution is 2.23. The van der Waals surface area contributed by atoms with Gasteiger partial charge in [-0.3, -0.25) is 0 Å². The first-order valence-corrected chi connectivity index (χ1v) is 4.44. The minimum Gasteiger partial charge on any atom is -0.392 e. The molecule has 0 aromatic heterocycles. The summed E-state index contributed by atoms with van der Waals surface area (Å²) in [5.74, 6) is 0. The third kappa shape index (κ3) is 2.01. The van der Waals surface area contributed by atoms with Crippen LogP contribution in [-0.2, 0) is 6.61 Å². The summed E-state index contributed by atoms with van der Waals surface area (Å²) >= 11 is 0. The number of anilines is 1. The Hall–Kier alpha value is -1.02. The number of benzene rings is 1. The minimum absolute atomic E-state index is 0.113. The van der Waals surface area contributed by atoms with Crippen LogP contribution in [0.2, 0.25) is 0 Å². The average Bonchev–Trinajstić information content (AvgIpc) is 2.09. The van der Waals surface area contributed by atoms with Crippen LogP contribution >= 0.6 is 0 Å². The van der Waals surface area contributed by atoms with Crippen LogP contribution in [0.3, 0.4) is 0 Å². The highest BCUT2D eigenvalue weighted by atomic mass is 16.3. The number of aliphatic hydroxyl groups excluding tert-OH is 1. The topological polar surface area (TPSA) is 23.5 Å². The Morgan fingerprint density at radius 1 is 1.23 bits per heavy atom. The summed E-state index contributed by atoms with van der Waals surface area (Å²) in [6.07, 6.45) is 0. The van der Waals surface area contributed by atoms with Crippen LogP contribution in [-0.4, -0.2) is 19.2 Å². The van der Waals surface area contributed by atoms with Crippen LogP contribution in [0.1, 0.15) is 16.7 Å². The van der Waals surface area contributed by atoms with E-state index in [1.807, 2.05) is 26.2 Å². The summed E-state index contributed by atoms with van der Waals surface area (Å²) in [6, 6.07) is 4.06. The van der Waals surface area contributed by atoms with Crippen LogP contribution < -0.4 is 4.90 Å². The minimum atomic E-state index is 0.113. The molecule has 0 radical (unpaired) electrons. The molecule has 0 spiro atoms. The Labute approximate surface area is 79.8 Å². The van der Waals surface area contributed by atoms with Crippen molar-refractivity contribution in [3.05, 3.63) is 28.8 Å². The number of hydrogen-bond acceptors (Lipinski definition) is 2. The fourth-order valence-corrected chi connectivity index (χ4v) is 1.47. The van der Waals surface area contributed by atoms with E-state index in [0.717, 1.165) is 5.56 Å². The molecule has 0 bridgehead atoms. The molecule has 13 heavy (non-hydrogen) atoms.